The number of rotatable bonds is 5. The van der Waals surface area contributed by atoms with E-state index in [1.807, 2.05) is 0 Å². The Kier molecular flexibility index (Phi) is 5.81. The molecule has 0 aliphatic carbocycles. The maximum atomic E-state index is 11.3. The summed E-state index contributed by atoms with van der Waals surface area (Å²) in [6, 6.07) is -1.42. The summed E-state index contributed by atoms with van der Waals surface area (Å²) in [6.45, 7) is 5.99. The van der Waals surface area contributed by atoms with Crippen LogP contribution in [-0.4, -0.2) is 43.4 Å². The van der Waals surface area contributed by atoms with Crippen molar-refractivity contribution in [3.63, 3.8) is 0 Å². The maximum absolute atomic E-state index is 11.3. The quantitative estimate of drug-likeness (QED) is 0.600. The van der Waals surface area contributed by atoms with E-state index in [1.54, 1.807) is 20.8 Å². The van der Waals surface area contributed by atoms with Crippen LogP contribution < -0.4 is 10.6 Å². The van der Waals surface area contributed by atoms with Crippen molar-refractivity contribution in [1.82, 2.24) is 10.6 Å². The molecule has 0 saturated carbocycles. The third-order valence-electron chi connectivity index (χ3n) is 1.98. The Labute approximate surface area is 95.4 Å². The molecular formula is C10H20N2O4. The second-order valence-electron chi connectivity index (χ2n) is 4.53. The molecule has 16 heavy (non-hydrogen) atoms. The number of carbonyl (C=O) groups is 2. The number of urea groups is 1. The van der Waals surface area contributed by atoms with Gasteiger partial charge in [0.1, 0.15) is 6.04 Å². The first kappa shape index (κ1) is 14.7. The fourth-order valence-corrected chi connectivity index (χ4v) is 1.10. The Bertz CT molecular complexity index is 248. The van der Waals surface area contributed by atoms with Gasteiger partial charge in [-0.3, -0.25) is 0 Å². The van der Waals surface area contributed by atoms with E-state index in [1.165, 1.54) is 7.11 Å². The van der Waals surface area contributed by atoms with Crippen LogP contribution in [0.4, 0.5) is 4.79 Å². The molecule has 0 spiro atoms. The number of ether oxygens (including phenoxy) is 1. The molecule has 1 atom stereocenters. The van der Waals surface area contributed by atoms with Gasteiger partial charge in [0.25, 0.3) is 0 Å². The minimum absolute atomic E-state index is 0.346. The highest BCUT2D eigenvalue weighted by molar-refractivity contribution is 5.83. The van der Waals surface area contributed by atoms with Crippen molar-refractivity contribution >= 4 is 12.0 Å². The number of amides is 2. The van der Waals surface area contributed by atoms with Crippen molar-refractivity contribution in [2.24, 2.45) is 5.41 Å². The normalized spacial score (nSPS) is 13.0. The maximum Gasteiger partial charge on any atom is 0.326 e. The van der Waals surface area contributed by atoms with Gasteiger partial charge in [0.15, 0.2) is 0 Å². The fraction of sp³-hybridized carbons (Fsp3) is 0.800. The van der Waals surface area contributed by atoms with E-state index in [4.69, 9.17) is 9.84 Å². The summed E-state index contributed by atoms with van der Waals surface area (Å²) in [5.74, 6) is -1.05. The van der Waals surface area contributed by atoms with Crippen LogP contribution in [0, 0.1) is 5.41 Å². The number of hydrogen-bond donors (Lipinski definition) is 3. The lowest BCUT2D eigenvalue weighted by Crippen LogP contribution is -2.52. The van der Waals surface area contributed by atoms with Gasteiger partial charge in [-0.2, -0.15) is 0 Å². The standard InChI is InChI=1S/C10H20N2O4/c1-10(2,3)7(8(13)14)12-9(15)11-5-6-16-4/h7H,5-6H2,1-4H3,(H,13,14)(H2,11,12,15)/t7-/m1/s1. The van der Waals surface area contributed by atoms with E-state index in [0.29, 0.717) is 13.2 Å². The Morgan fingerprint density at radius 1 is 1.38 bits per heavy atom. The Balaban J connectivity index is 4.21. The van der Waals surface area contributed by atoms with Crippen molar-refractivity contribution in [2.45, 2.75) is 26.8 Å². The molecule has 2 amide bonds. The van der Waals surface area contributed by atoms with Gasteiger partial charge >= 0.3 is 12.0 Å². The minimum Gasteiger partial charge on any atom is -0.480 e. The molecule has 3 N–H and O–H groups in total. The molecule has 6 nitrogen and oxygen atoms in total. The average molecular weight is 232 g/mol. The van der Waals surface area contributed by atoms with Crippen LogP contribution in [0.3, 0.4) is 0 Å². The zero-order chi connectivity index (χ0) is 12.8. The highest BCUT2D eigenvalue weighted by Crippen LogP contribution is 2.19. The zero-order valence-electron chi connectivity index (χ0n) is 10.2. The van der Waals surface area contributed by atoms with Crippen LogP contribution in [0.5, 0.6) is 0 Å². The molecule has 0 rings (SSSR count). The molecule has 94 valence electrons. The lowest BCUT2D eigenvalue weighted by Gasteiger charge is -2.27. The highest BCUT2D eigenvalue weighted by Gasteiger charge is 2.32. The molecule has 6 heteroatoms. The van der Waals surface area contributed by atoms with Crippen LogP contribution in [0.15, 0.2) is 0 Å². The van der Waals surface area contributed by atoms with Crippen molar-refractivity contribution in [2.75, 3.05) is 20.3 Å². The van der Waals surface area contributed by atoms with E-state index >= 15 is 0 Å². The van der Waals surface area contributed by atoms with Crippen molar-refractivity contribution in [3.05, 3.63) is 0 Å². The number of nitrogens with one attached hydrogen (secondary N) is 2. The van der Waals surface area contributed by atoms with E-state index < -0.39 is 23.5 Å². The minimum atomic E-state index is -1.05. The molecule has 0 heterocycles. The largest absolute Gasteiger partial charge is 0.480 e. The smallest absolute Gasteiger partial charge is 0.326 e. The Morgan fingerprint density at radius 3 is 2.31 bits per heavy atom. The summed E-state index contributed by atoms with van der Waals surface area (Å²) in [7, 11) is 1.52. The lowest BCUT2D eigenvalue weighted by molar-refractivity contribution is -0.141. The van der Waals surface area contributed by atoms with Gasteiger partial charge in [0, 0.05) is 13.7 Å². The topological polar surface area (TPSA) is 87.7 Å². The first-order chi connectivity index (χ1) is 7.29. The second kappa shape index (κ2) is 6.32. The second-order valence-corrected chi connectivity index (χ2v) is 4.53. The van der Waals surface area contributed by atoms with Crippen molar-refractivity contribution in [1.29, 1.82) is 0 Å². The lowest BCUT2D eigenvalue weighted by atomic mass is 9.87. The zero-order valence-corrected chi connectivity index (χ0v) is 10.2. The molecular weight excluding hydrogens is 212 g/mol. The van der Waals surface area contributed by atoms with Crippen LogP contribution in [0.25, 0.3) is 0 Å². The highest BCUT2D eigenvalue weighted by atomic mass is 16.5. The van der Waals surface area contributed by atoms with Crippen LogP contribution >= 0.6 is 0 Å². The fourth-order valence-electron chi connectivity index (χ4n) is 1.10. The molecule has 0 unspecified atom stereocenters. The SMILES string of the molecule is COCCNC(=O)N[C@H](C(=O)O)C(C)(C)C. The van der Waals surface area contributed by atoms with Gasteiger partial charge in [-0.05, 0) is 5.41 Å². The summed E-state index contributed by atoms with van der Waals surface area (Å²) >= 11 is 0. The molecule has 0 fully saturated rings. The Hall–Kier alpha value is -1.30. The van der Waals surface area contributed by atoms with Crippen molar-refractivity contribution in [3.8, 4) is 0 Å². The molecule has 0 radical (unpaired) electrons. The predicted octanol–water partition coefficient (Wildman–Crippen LogP) is 0.431. The summed E-state index contributed by atoms with van der Waals surface area (Å²) in [4.78, 5) is 22.3. The van der Waals surface area contributed by atoms with Gasteiger partial charge in [0.05, 0.1) is 6.61 Å². The molecule has 0 aromatic carbocycles. The first-order valence-corrected chi connectivity index (χ1v) is 5.05. The van der Waals surface area contributed by atoms with Crippen LogP contribution in [0.2, 0.25) is 0 Å². The van der Waals surface area contributed by atoms with Crippen molar-refractivity contribution < 1.29 is 19.4 Å². The average Bonchev–Trinajstić information content (AvgIpc) is 2.12. The first-order valence-electron chi connectivity index (χ1n) is 5.05. The monoisotopic (exact) mass is 232 g/mol. The van der Waals surface area contributed by atoms with Gasteiger partial charge in [0.2, 0.25) is 0 Å². The van der Waals surface area contributed by atoms with E-state index in [-0.39, 0.29) is 0 Å². The Morgan fingerprint density at radius 2 is 1.94 bits per heavy atom. The summed E-state index contributed by atoms with van der Waals surface area (Å²) in [6.07, 6.45) is 0. The van der Waals surface area contributed by atoms with E-state index in [2.05, 4.69) is 10.6 Å². The van der Waals surface area contributed by atoms with E-state index in [0.717, 1.165) is 0 Å². The molecule has 0 bridgehead atoms. The number of carboxylic acid groups (broad SMARTS) is 1. The van der Waals surface area contributed by atoms with E-state index in [9.17, 15) is 9.59 Å². The molecule has 0 saturated heterocycles. The number of hydrogen-bond acceptors (Lipinski definition) is 3. The van der Waals surface area contributed by atoms with Gasteiger partial charge in [-0.15, -0.1) is 0 Å². The van der Waals surface area contributed by atoms with Gasteiger partial charge in [-0.1, -0.05) is 20.8 Å². The number of methoxy groups -OCH3 is 1. The van der Waals surface area contributed by atoms with Crippen LogP contribution in [0.1, 0.15) is 20.8 Å². The molecule has 0 aliphatic heterocycles. The predicted molar refractivity (Wildman–Crippen MR) is 59.3 cm³/mol. The third kappa shape index (κ3) is 5.55. The molecule has 0 aromatic heterocycles. The third-order valence-corrected chi connectivity index (χ3v) is 1.98. The summed E-state index contributed by atoms with van der Waals surface area (Å²) < 4.78 is 4.75. The number of carbonyl (C=O) groups excluding carboxylic acids is 1. The molecule has 0 aromatic rings. The van der Waals surface area contributed by atoms with Crippen LogP contribution in [-0.2, 0) is 9.53 Å². The van der Waals surface area contributed by atoms with Gasteiger partial charge in [-0.25, -0.2) is 9.59 Å². The number of aliphatic carboxylic acids is 1. The summed E-state index contributed by atoms with van der Waals surface area (Å²) in [5.41, 5.74) is -0.537. The molecule has 0 aliphatic rings. The van der Waals surface area contributed by atoms with Gasteiger partial charge < -0.3 is 20.5 Å². The summed E-state index contributed by atoms with van der Waals surface area (Å²) in [5, 5.41) is 13.9. The number of carboxylic acids is 1.